The van der Waals surface area contributed by atoms with Crippen LogP contribution in [-0.2, 0) is 13.0 Å². The van der Waals surface area contributed by atoms with Crippen LogP contribution in [0.4, 0.5) is 0 Å². The summed E-state index contributed by atoms with van der Waals surface area (Å²) in [6, 6.07) is 53.1. The van der Waals surface area contributed by atoms with Crippen molar-refractivity contribution in [3.8, 4) is 17.2 Å². The van der Waals surface area contributed by atoms with Gasteiger partial charge in [-0.3, -0.25) is 4.79 Å². The second-order valence-electron chi connectivity index (χ2n) is 17.1. The number of carbonyl (C=O) groups excluding carboxylic acids is 1. The van der Waals surface area contributed by atoms with E-state index >= 15 is 0 Å². The minimum Gasteiger partial charge on any atom is -1.00 e. The van der Waals surface area contributed by atoms with Gasteiger partial charge < -0.3 is 98.8 Å². The number of nitrogens with two attached hydrogens (primary N) is 1. The lowest BCUT2D eigenvalue weighted by atomic mass is 10.0. The number of aryl methyl sites for hydroxylation is 1. The molecule has 0 atom stereocenters. The highest BCUT2D eigenvalue weighted by Crippen LogP contribution is 2.32. The quantitative estimate of drug-likeness (QED) is 0.0247. The number of aliphatic hydroxyl groups is 3. The van der Waals surface area contributed by atoms with Gasteiger partial charge in [-0.15, -0.1) is 17.0 Å². The molecule has 0 aliphatic carbocycles. The maximum absolute atomic E-state index is 10.1. The van der Waals surface area contributed by atoms with Gasteiger partial charge in [-0.05, 0) is 124 Å². The molecule has 0 saturated heterocycles. The zero-order valence-corrected chi connectivity index (χ0v) is 53.4. The van der Waals surface area contributed by atoms with Crippen LogP contribution < -0.4 is 84.1 Å². The first kappa shape index (κ1) is 82.3. The summed E-state index contributed by atoms with van der Waals surface area (Å²) in [4.78, 5) is 10.1. The molecule has 0 aromatic heterocycles. The van der Waals surface area contributed by atoms with Gasteiger partial charge >= 0.3 is 0 Å². The van der Waals surface area contributed by atoms with Gasteiger partial charge in [-0.1, -0.05) is 198 Å². The van der Waals surface area contributed by atoms with Crippen LogP contribution in [-0.4, -0.2) is 69.8 Å². The summed E-state index contributed by atoms with van der Waals surface area (Å²) < 4.78 is 0. The van der Waals surface area contributed by atoms with Gasteiger partial charge in [0.2, 0.25) is 0 Å². The van der Waals surface area contributed by atoms with Crippen LogP contribution in [0.25, 0.3) is 0 Å². The number of quaternary nitrogens is 2. The van der Waals surface area contributed by atoms with Gasteiger partial charge in [0.05, 0.1) is 25.3 Å². The number of phenolic OH excluding ortho intramolecular Hbond substituents is 2. The van der Waals surface area contributed by atoms with Crippen molar-refractivity contribution < 1.29 is 97.8 Å². The van der Waals surface area contributed by atoms with E-state index in [4.69, 9.17) is 31.3 Å². The van der Waals surface area contributed by atoms with E-state index in [1.54, 1.807) is 48.5 Å². The number of halogens is 4. The summed E-state index contributed by atoms with van der Waals surface area (Å²) in [6.45, 7) is 7.86. The van der Waals surface area contributed by atoms with Crippen LogP contribution in [0.15, 0.2) is 164 Å². The highest BCUT2D eigenvalue weighted by Gasteiger charge is 2.15. The fraction of sp³-hybridized carbons (Fsp3) is 0.403. The van der Waals surface area contributed by atoms with E-state index in [1.165, 1.54) is 86.2 Å². The molecular formula is C62H95Br4N3O7P-. The number of phenols is 3. The number of rotatable bonds is 24. The molecule has 0 fully saturated rings. The number of hydrogen-bond acceptors (Lipinski definition) is 8. The van der Waals surface area contributed by atoms with Gasteiger partial charge in [-0.2, -0.15) is 0 Å². The van der Waals surface area contributed by atoms with Crippen LogP contribution in [0.3, 0.4) is 0 Å². The third-order valence-corrected chi connectivity index (χ3v) is 13.4. The third-order valence-electron chi connectivity index (χ3n) is 10.9. The second kappa shape index (κ2) is 61.7. The molecule has 0 spiro atoms. The van der Waals surface area contributed by atoms with Crippen LogP contribution >= 0.6 is 24.9 Å². The van der Waals surface area contributed by atoms with E-state index in [1.807, 2.05) is 18.2 Å². The Morgan fingerprint density at radius 2 is 0.766 bits per heavy atom. The summed E-state index contributed by atoms with van der Waals surface area (Å²) in [5, 5.41) is 56.7. The Morgan fingerprint density at radius 3 is 1.10 bits per heavy atom. The number of aldehydes is 1. The zero-order valence-electron chi connectivity index (χ0n) is 46.0. The van der Waals surface area contributed by atoms with E-state index in [0.717, 1.165) is 70.1 Å². The van der Waals surface area contributed by atoms with Crippen LogP contribution in [0, 0.1) is 0 Å². The molecule has 14 N–H and O–H groups in total. The van der Waals surface area contributed by atoms with Gasteiger partial charge in [0.25, 0.3) is 0 Å². The number of aromatic hydroxyl groups is 3. The van der Waals surface area contributed by atoms with E-state index in [9.17, 15) is 9.90 Å². The third kappa shape index (κ3) is 45.0. The summed E-state index contributed by atoms with van der Waals surface area (Å²) in [7, 11) is -0.446. The van der Waals surface area contributed by atoms with Crippen molar-refractivity contribution in [1.82, 2.24) is 0 Å². The molecule has 15 heteroatoms. The molecule has 6 aromatic carbocycles. The van der Waals surface area contributed by atoms with Crippen molar-refractivity contribution in [2.45, 2.75) is 130 Å². The summed E-state index contributed by atoms with van der Waals surface area (Å²) in [5.41, 5.74) is 14.6. The van der Waals surface area contributed by atoms with Gasteiger partial charge in [0.15, 0.2) is 6.29 Å². The molecular weight excluding hydrogens is 1250 g/mol. The minimum absolute atomic E-state index is 0. The predicted molar refractivity (Wildman–Crippen MR) is 319 cm³/mol. The molecule has 0 heterocycles. The molecule has 77 heavy (non-hydrogen) atoms. The first-order valence-electron chi connectivity index (χ1n) is 26.6. The van der Waals surface area contributed by atoms with Crippen molar-refractivity contribution in [3.63, 3.8) is 0 Å². The van der Waals surface area contributed by atoms with E-state index < -0.39 is 7.92 Å². The van der Waals surface area contributed by atoms with Crippen molar-refractivity contribution in [2.75, 3.05) is 32.8 Å². The largest absolute Gasteiger partial charge is 1.00 e. The summed E-state index contributed by atoms with van der Waals surface area (Å²) in [5.74, 6) is 0.638. The molecule has 0 aliphatic heterocycles. The molecule has 0 saturated carbocycles. The normalized spacial score (nSPS) is 9.36. The van der Waals surface area contributed by atoms with Crippen LogP contribution in [0.5, 0.6) is 17.2 Å². The molecule has 0 amide bonds. The second-order valence-corrected chi connectivity index (χ2v) is 19.3. The topological polar surface area (TPSA) is 220 Å². The summed E-state index contributed by atoms with van der Waals surface area (Å²) >= 11 is 0. The van der Waals surface area contributed by atoms with Crippen LogP contribution in [0.2, 0.25) is 0 Å². The SMILES string of the molecule is Br.CCCCCCCCc1ccccc1O.CCCCCC[NH3+].NCCCCCO.O=Cc1ccccc1O.OCc1ccccc1O.[Br-].[Br-].[Br-].[NH3+]CCCCCO.c1ccc(P(c2ccccc2)c2ccccc2)cc1. The first-order chi connectivity index (χ1) is 35.7. The Kier molecular flexibility index (Phi) is 66.0. The number of para-hydroxylation sites is 3. The van der Waals surface area contributed by atoms with E-state index in [-0.39, 0.29) is 86.0 Å². The molecule has 10 nitrogen and oxygen atoms in total. The number of carbonyl (C=O) groups is 1. The van der Waals surface area contributed by atoms with E-state index in [0.29, 0.717) is 36.4 Å². The molecule has 0 unspecified atom stereocenters. The summed E-state index contributed by atoms with van der Waals surface area (Å²) in [6.07, 6.45) is 21.1. The number of benzene rings is 6. The first-order valence-corrected chi connectivity index (χ1v) is 27.9. The van der Waals surface area contributed by atoms with Gasteiger partial charge in [0, 0.05) is 18.8 Å². The highest BCUT2D eigenvalue weighted by atomic mass is 79.9. The molecule has 6 rings (SSSR count). The predicted octanol–water partition coefficient (Wildman–Crippen LogP) is 1.73. The molecule has 434 valence electrons. The minimum atomic E-state index is -0.446. The average Bonchev–Trinajstić information content (AvgIpc) is 3.43. The standard InChI is InChI=1S/C18H15P.C14H22O.C7H8O2.C7H6O2.C6H15N.2C5H13NO.4BrH/c1-4-10-16(11-5-1)19(17-12-6-2-7-13-17)18-14-8-3-9-15-18;1-2-3-4-5-6-7-10-13-11-8-9-12-14(13)15;2*8-5-6-3-1-2-4-7(6)9;1-2-3-4-5-6-7;2*6-4-2-1-3-5-7;;;;/h1-15H;8-9,11-12,15H,2-7,10H2,1H3;1-4,8-9H,5H2;1-5,9H;2-7H2,1H3;2*7H,1-6H2;4*1H/p-1. The monoisotopic (exact) mass is 1340 g/mol. The fourth-order valence-electron chi connectivity index (χ4n) is 6.73. The lowest BCUT2D eigenvalue weighted by Crippen LogP contribution is -3.00. The molecule has 0 aliphatic rings. The van der Waals surface area contributed by atoms with Gasteiger partial charge in [0.1, 0.15) is 17.2 Å². The molecule has 0 bridgehead atoms. The lowest BCUT2D eigenvalue weighted by Gasteiger charge is -2.18. The smallest absolute Gasteiger partial charge is 0.153 e. The molecule has 6 aromatic rings. The van der Waals surface area contributed by atoms with Gasteiger partial charge in [-0.25, -0.2) is 0 Å². The highest BCUT2D eigenvalue weighted by molar-refractivity contribution is 8.93. The number of hydrogen-bond donors (Lipinski definition) is 9. The maximum Gasteiger partial charge on any atom is 0.153 e. The van der Waals surface area contributed by atoms with Crippen LogP contribution in [0.1, 0.15) is 138 Å². The molecule has 0 radical (unpaired) electrons. The fourth-order valence-corrected chi connectivity index (χ4v) is 9.04. The van der Waals surface area contributed by atoms with Crippen molar-refractivity contribution in [2.24, 2.45) is 5.73 Å². The van der Waals surface area contributed by atoms with Crippen molar-refractivity contribution in [3.05, 3.63) is 180 Å². The Morgan fingerprint density at radius 1 is 0.429 bits per heavy atom. The number of unbranched alkanes of at least 4 members (excludes halogenated alkanes) is 12. The Bertz CT molecular complexity index is 1990. The lowest BCUT2D eigenvalue weighted by molar-refractivity contribution is -0.368. The Labute approximate surface area is 507 Å². The maximum atomic E-state index is 10.1. The average molecular weight is 1350 g/mol. The Hall–Kier alpha value is -3.50. The number of aliphatic hydroxyl groups excluding tert-OH is 3. The van der Waals surface area contributed by atoms with Crippen molar-refractivity contribution in [1.29, 1.82) is 0 Å². The van der Waals surface area contributed by atoms with E-state index in [2.05, 4.69) is 116 Å². The zero-order chi connectivity index (χ0) is 53.8. The Balaban J connectivity index is -0.000000270. The van der Waals surface area contributed by atoms with Crippen molar-refractivity contribution >= 4 is 47.1 Å².